The van der Waals surface area contributed by atoms with Gasteiger partial charge in [-0.25, -0.2) is 9.78 Å². The van der Waals surface area contributed by atoms with Crippen molar-refractivity contribution in [3.63, 3.8) is 0 Å². The molecule has 2 unspecified atom stereocenters. The molecule has 0 bridgehead atoms. The molecule has 0 radical (unpaired) electrons. The second-order valence-corrected chi connectivity index (χ2v) is 6.14. The Morgan fingerprint density at radius 3 is 3.16 bits per heavy atom. The van der Waals surface area contributed by atoms with Crippen molar-refractivity contribution in [1.29, 1.82) is 0 Å². The largest absolute Gasteiger partial charge is 0.464 e. The fourth-order valence-electron chi connectivity index (χ4n) is 3.05. The zero-order valence-corrected chi connectivity index (χ0v) is 12.2. The zero-order chi connectivity index (χ0) is 13.4. The van der Waals surface area contributed by atoms with Gasteiger partial charge in [-0.15, -0.1) is 11.3 Å². The van der Waals surface area contributed by atoms with E-state index in [1.54, 1.807) is 5.38 Å². The van der Waals surface area contributed by atoms with Crippen LogP contribution in [0.15, 0.2) is 5.38 Å². The number of methoxy groups -OCH3 is 1. The van der Waals surface area contributed by atoms with E-state index in [4.69, 9.17) is 4.74 Å². The van der Waals surface area contributed by atoms with E-state index in [1.165, 1.54) is 37.8 Å². The van der Waals surface area contributed by atoms with Crippen molar-refractivity contribution in [1.82, 2.24) is 9.88 Å². The predicted octanol–water partition coefficient (Wildman–Crippen LogP) is 1.60. The second-order valence-electron chi connectivity index (χ2n) is 5.30. The maximum atomic E-state index is 11.5. The highest BCUT2D eigenvalue weighted by Crippen LogP contribution is 2.30. The maximum Gasteiger partial charge on any atom is 0.357 e. The van der Waals surface area contributed by atoms with Gasteiger partial charge in [0.15, 0.2) is 10.8 Å². The van der Waals surface area contributed by atoms with Crippen LogP contribution in [-0.2, 0) is 4.74 Å². The average Bonchev–Trinajstić information content (AvgIpc) is 3.04. The van der Waals surface area contributed by atoms with Gasteiger partial charge in [0.25, 0.3) is 0 Å². The molecule has 2 fully saturated rings. The molecule has 1 aromatic rings. The number of ether oxygens (including phenoxy) is 1. The summed E-state index contributed by atoms with van der Waals surface area (Å²) in [5, 5.41) is 2.73. The lowest BCUT2D eigenvalue weighted by Gasteiger charge is -2.42. The van der Waals surface area contributed by atoms with Crippen LogP contribution in [0.1, 0.15) is 30.3 Å². The highest BCUT2D eigenvalue weighted by molar-refractivity contribution is 7.13. The Bertz CT molecular complexity index is 476. The fraction of sp³-hybridized carbons (Fsp3) is 0.692. The van der Waals surface area contributed by atoms with Crippen molar-refractivity contribution in [2.75, 3.05) is 31.6 Å². The van der Waals surface area contributed by atoms with Gasteiger partial charge in [-0.2, -0.15) is 0 Å². The molecule has 6 heteroatoms. The molecule has 2 aliphatic heterocycles. The van der Waals surface area contributed by atoms with E-state index >= 15 is 0 Å². The Morgan fingerprint density at radius 1 is 1.53 bits per heavy atom. The number of fused-ring (bicyclic) bond motifs is 1. The minimum absolute atomic E-state index is 0.352. The molecule has 0 N–H and O–H groups in total. The normalized spacial score (nSPS) is 27.4. The summed E-state index contributed by atoms with van der Waals surface area (Å²) >= 11 is 1.53. The Balaban J connectivity index is 1.77. The average molecular weight is 281 g/mol. The molecule has 104 valence electrons. The third kappa shape index (κ3) is 2.34. The minimum atomic E-state index is -0.352. The molecule has 0 saturated carbocycles. The van der Waals surface area contributed by atoms with E-state index in [1.807, 2.05) is 0 Å². The number of nitrogens with zero attached hydrogens (tertiary/aromatic N) is 3. The Labute approximate surface area is 117 Å². The van der Waals surface area contributed by atoms with Gasteiger partial charge in [0.2, 0.25) is 0 Å². The van der Waals surface area contributed by atoms with Gasteiger partial charge in [0.05, 0.1) is 7.11 Å². The van der Waals surface area contributed by atoms with Crippen LogP contribution >= 0.6 is 11.3 Å². The lowest BCUT2D eigenvalue weighted by molar-refractivity contribution is 0.0595. The SMILES string of the molecule is COC(=O)c1csc(N2CC3CCCN3CC2C)n1. The van der Waals surface area contributed by atoms with Gasteiger partial charge in [-0.05, 0) is 26.3 Å². The fourth-order valence-corrected chi connectivity index (χ4v) is 3.96. The molecule has 3 heterocycles. The molecule has 2 aliphatic rings. The third-order valence-electron chi connectivity index (χ3n) is 4.07. The highest BCUT2D eigenvalue weighted by atomic mass is 32.1. The molecule has 3 rings (SSSR count). The number of piperazine rings is 1. The topological polar surface area (TPSA) is 45.7 Å². The van der Waals surface area contributed by atoms with E-state index in [-0.39, 0.29) is 5.97 Å². The van der Waals surface area contributed by atoms with Gasteiger partial charge in [-0.1, -0.05) is 0 Å². The van der Waals surface area contributed by atoms with E-state index in [0.29, 0.717) is 17.8 Å². The second kappa shape index (κ2) is 5.09. The smallest absolute Gasteiger partial charge is 0.357 e. The lowest BCUT2D eigenvalue weighted by atomic mass is 10.1. The van der Waals surface area contributed by atoms with Crippen LogP contribution in [0.5, 0.6) is 0 Å². The molecular formula is C13H19N3O2S. The van der Waals surface area contributed by atoms with Crippen molar-refractivity contribution in [2.24, 2.45) is 0 Å². The first-order valence-corrected chi connectivity index (χ1v) is 7.61. The first-order valence-electron chi connectivity index (χ1n) is 6.73. The number of esters is 1. The molecule has 0 aliphatic carbocycles. The van der Waals surface area contributed by atoms with Crippen LogP contribution < -0.4 is 4.90 Å². The first kappa shape index (κ1) is 12.9. The van der Waals surface area contributed by atoms with Crippen molar-refractivity contribution in [2.45, 2.75) is 31.8 Å². The molecule has 19 heavy (non-hydrogen) atoms. The summed E-state index contributed by atoms with van der Waals surface area (Å²) in [6.45, 7) is 5.58. The van der Waals surface area contributed by atoms with Crippen molar-refractivity contribution in [3.8, 4) is 0 Å². The standard InChI is InChI=1S/C13H19N3O2S/c1-9-6-15-5-3-4-10(15)7-16(9)13-14-11(8-19-13)12(17)18-2/h8-10H,3-7H2,1-2H3. The summed E-state index contributed by atoms with van der Waals surface area (Å²) in [4.78, 5) is 20.8. The van der Waals surface area contributed by atoms with Crippen molar-refractivity contribution >= 4 is 22.4 Å². The van der Waals surface area contributed by atoms with Gasteiger partial charge in [-0.3, -0.25) is 4.90 Å². The van der Waals surface area contributed by atoms with Crippen LogP contribution in [-0.4, -0.2) is 54.7 Å². The lowest BCUT2D eigenvalue weighted by Crippen LogP contribution is -2.55. The van der Waals surface area contributed by atoms with Gasteiger partial charge in [0.1, 0.15) is 0 Å². The number of rotatable bonds is 2. The van der Waals surface area contributed by atoms with Gasteiger partial charge in [0, 0.05) is 30.6 Å². The minimum Gasteiger partial charge on any atom is -0.464 e. The molecule has 0 aromatic carbocycles. The van der Waals surface area contributed by atoms with Gasteiger partial charge >= 0.3 is 5.97 Å². The van der Waals surface area contributed by atoms with Crippen LogP contribution in [0.2, 0.25) is 0 Å². The summed E-state index contributed by atoms with van der Waals surface area (Å²) in [5.74, 6) is -0.352. The molecule has 0 spiro atoms. The number of hydrogen-bond acceptors (Lipinski definition) is 6. The predicted molar refractivity (Wildman–Crippen MR) is 74.9 cm³/mol. The molecular weight excluding hydrogens is 262 g/mol. The Morgan fingerprint density at radius 2 is 2.37 bits per heavy atom. The molecule has 2 saturated heterocycles. The van der Waals surface area contributed by atoms with E-state index < -0.39 is 0 Å². The van der Waals surface area contributed by atoms with Crippen LogP contribution in [0, 0.1) is 0 Å². The van der Waals surface area contributed by atoms with Crippen LogP contribution in [0.3, 0.4) is 0 Å². The number of thiazole rings is 1. The van der Waals surface area contributed by atoms with Gasteiger partial charge < -0.3 is 9.64 Å². The zero-order valence-electron chi connectivity index (χ0n) is 11.3. The maximum absolute atomic E-state index is 11.5. The number of hydrogen-bond donors (Lipinski definition) is 0. The first-order chi connectivity index (χ1) is 9.19. The number of carbonyl (C=O) groups excluding carboxylic acids is 1. The third-order valence-corrected chi connectivity index (χ3v) is 4.95. The summed E-state index contributed by atoms with van der Waals surface area (Å²) < 4.78 is 4.71. The number of anilines is 1. The van der Waals surface area contributed by atoms with Crippen LogP contribution in [0.4, 0.5) is 5.13 Å². The van der Waals surface area contributed by atoms with Crippen molar-refractivity contribution < 1.29 is 9.53 Å². The molecule has 1 aromatic heterocycles. The number of aromatic nitrogens is 1. The summed E-state index contributed by atoms with van der Waals surface area (Å²) in [6, 6.07) is 1.10. The van der Waals surface area contributed by atoms with Crippen molar-refractivity contribution in [3.05, 3.63) is 11.1 Å². The summed E-state index contributed by atoms with van der Waals surface area (Å²) in [6.07, 6.45) is 2.58. The van der Waals surface area contributed by atoms with E-state index in [2.05, 4.69) is 21.7 Å². The molecule has 2 atom stereocenters. The van der Waals surface area contributed by atoms with E-state index in [9.17, 15) is 4.79 Å². The summed E-state index contributed by atoms with van der Waals surface area (Å²) in [5.41, 5.74) is 0.420. The van der Waals surface area contributed by atoms with E-state index in [0.717, 1.165) is 18.2 Å². The Hall–Kier alpha value is -1.14. The summed E-state index contributed by atoms with van der Waals surface area (Å²) in [7, 11) is 1.39. The van der Waals surface area contributed by atoms with Crippen LogP contribution in [0.25, 0.3) is 0 Å². The molecule has 0 amide bonds. The molecule has 5 nitrogen and oxygen atoms in total. The monoisotopic (exact) mass is 281 g/mol. The quantitative estimate of drug-likeness (QED) is 0.771. The Kier molecular flexibility index (Phi) is 3.45. The number of carbonyl (C=O) groups is 1. The highest BCUT2D eigenvalue weighted by Gasteiger charge is 2.35.